The van der Waals surface area contributed by atoms with Crippen LogP contribution in [-0.4, -0.2) is 35.4 Å². The zero-order chi connectivity index (χ0) is 20.8. The van der Waals surface area contributed by atoms with Gasteiger partial charge in [0.1, 0.15) is 0 Å². The van der Waals surface area contributed by atoms with Crippen LogP contribution in [0.4, 0.5) is 5.69 Å². The number of carboxylic acid groups (broad SMARTS) is 1. The predicted molar refractivity (Wildman–Crippen MR) is 113 cm³/mol. The molecular weight excluding hydrogens is 416 g/mol. The van der Waals surface area contributed by atoms with E-state index in [2.05, 4.69) is 10.3 Å². The van der Waals surface area contributed by atoms with Gasteiger partial charge in [0, 0.05) is 0 Å². The van der Waals surface area contributed by atoms with E-state index in [-0.39, 0.29) is 16.7 Å². The van der Waals surface area contributed by atoms with Crippen LogP contribution in [-0.2, 0) is 9.59 Å². The van der Waals surface area contributed by atoms with Crippen molar-refractivity contribution in [3.05, 3.63) is 58.0 Å². The number of halogens is 1. The molecular formula is C20H17ClN2O5S. The SMILES string of the molecule is CCOc1cc(/C=C2\SC(=Nc3ccccc3)NC2=O)cc(Cl)c1OCC(=O)O. The Morgan fingerprint density at radius 2 is 2.03 bits per heavy atom. The fourth-order valence-electron chi connectivity index (χ4n) is 2.46. The molecule has 1 amide bonds. The molecule has 0 aromatic heterocycles. The Bertz CT molecular complexity index is 992. The Hall–Kier alpha value is -2.97. The van der Waals surface area contributed by atoms with Gasteiger partial charge in [0.15, 0.2) is 23.3 Å². The number of aliphatic imine (C=N–C) groups is 1. The maximum atomic E-state index is 12.3. The van der Waals surface area contributed by atoms with Crippen LogP contribution in [0.1, 0.15) is 12.5 Å². The Balaban J connectivity index is 1.86. The van der Waals surface area contributed by atoms with Crippen LogP contribution in [0, 0.1) is 0 Å². The first-order chi connectivity index (χ1) is 14.0. The molecule has 1 aliphatic heterocycles. The number of thioether (sulfide) groups is 1. The predicted octanol–water partition coefficient (Wildman–Crippen LogP) is 4.09. The maximum Gasteiger partial charge on any atom is 0.341 e. The van der Waals surface area contributed by atoms with Crippen molar-refractivity contribution in [3.8, 4) is 11.5 Å². The Morgan fingerprint density at radius 3 is 2.72 bits per heavy atom. The lowest BCUT2D eigenvalue weighted by Gasteiger charge is -2.13. The van der Waals surface area contributed by atoms with Crippen LogP contribution >= 0.6 is 23.4 Å². The number of carboxylic acids is 1. The molecule has 2 aromatic carbocycles. The molecule has 1 aliphatic rings. The lowest BCUT2D eigenvalue weighted by atomic mass is 10.2. The molecule has 0 unspecified atom stereocenters. The van der Waals surface area contributed by atoms with Crippen LogP contribution in [0.2, 0.25) is 5.02 Å². The molecule has 150 valence electrons. The van der Waals surface area contributed by atoms with Gasteiger partial charge in [0.2, 0.25) is 0 Å². The second-order valence-electron chi connectivity index (χ2n) is 5.76. The summed E-state index contributed by atoms with van der Waals surface area (Å²) in [4.78, 5) is 27.9. The molecule has 29 heavy (non-hydrogen) atoms. The average molecular weight is 433 g/mol. The molecule has 9 heteroatoms. The molecule has 0 aliphatic carbocycles. The van der Waals surface area contributed by atoms with E-state index in [4.69, 9.17) is 26.2 Å². The molecule has 0 saturated carbocycles. The van der Waals surface area contributed by atoms with E-state index in [0.717, 1.165) is 5.69 Å². The minimum atomic E-state index is -1.13. The standard InChI is InChI=1S/C20H17ClN2O5S/c1-2-27-15-9-12(8-14(21)18(15)28-11-17(24)25)10-16-19(26)23-20(29-16)22-13-6-4-3-5-7-13/h3-10H,2,11H2,1H3,(H,24,25)(H,22,23,26)/b16-10-. The summed E-state index contributed by atoms with van der Waals surface area (Å²) in [6.07, 6.45) is 1.66. The normalized spacial score (nSPS) is 16.1. The van der Waals surface area contributed by atoms with Crippen molar-refractivity contribution in [2.45, 2.75) is 6.92 Å². The van der Waals surface area contributed by atoms with E-state index in [0.29, 0.717) is 28.0 Å². The summed E-state index contributed by atoms with van der Waals surface area (Å²) in [7, 11) is 0. The number of hydrogen-bond donors (Lipinski definition) is 2. The number of rotatable bonds is 7. The third-order valence-corrected chi connectivity index (χ3v) is 4.80. The van der Waals surface area contributed by atoms with Gasteiger partial charge < -0.3 is 19.9 Å². The first kappa shape index (κ1) is 20.8. The zero-order valence-corrected chi connectivity index (χ0v) is 16.9. The zero-order valence-electron chi connectivity index (χ0n) is 15.3. The molecule has 1 fully saturated rings. The number of para-hydroxylation sites is 1. The van der Waals surface area contributed by atoms with Crippen molar-refractivity contribution in [2.24, 2.45) is 4.99 Å². The van der Waals surface area contributed by atoms with E-state index < -0.39 is 12.6 Å². The van der Waals surface area contributed by atoms with E-state index in [1.54, 1.807) is 25.1 Å². The molecule has 0 radical (unpaired) electrons. The molecule has 2 aromatic rings. The molecule has 0 bridgehead atoms. The summed E-state index contributed by atoms with van der Waals surface area (Å²) < 4.78 is 10.8. The number of aliphatic carboxylic acids is 1. The molecule has 2 N–H and O–H groups in total. The number of ether oxygens (including phenoxy) is 2. The number of nitrogens with zero attached hydrogens (tertiary/aromatic N) is 1. The van der Waals surface area contributed by atoms with Gasteiger partial charge in [-0.25, -0.2) is 9.79 Å². The first-order valence-corrected chi connectivity index (χ1v) is 9.81. The van der Waals surface area contributed by atoms with Gasteiger partial charge >= 0.3 is 5.97 Å². The van der Waals surface area contributed by atoms with Crippen molar-refractivity contribution in [1.82, 2.24) is 5.32 Å². The molecule has 1 heterocycles. The summed E-state index contributed by atoms with van der Waals surface area (Å²) >= 11 is 7.46. The summed E-state index contributed by atoms with van der Waals surface area (Å²) in [5, 5.41) is 12.2. The highest BCUT2D eigenvalue weighted by molar-refractivity contribution is 8.18. The summed E-state index contributed by atoms with van der Waals surface area (Å²) in [5.41, 5.74) is 1.35. The van der Waals surface area contributed by atoms with Gasteiger partial charge in [0.05, 0.1) is 22.2 Å². The summed E-state index contributed by atoms with van der Waals surface area (Å²) in [6, 6.07) is 12.5. The topological polar surface area (TPSA) is 97.2 Å². The molecule has 7 nitrogen and oxygen atoms in total. The van der Waals surface area contributed by atoms with Gasteiger partial charge in [-0.1, -0.05) is 29.8 Å². The van der Waals surface area contributed by atoms with Gasteiger partial charge in [-0.15, -0.1) is 0 Å². The number of nitrogens with one attached hydrogen (secondary N) is 1. The smallest absolute Gasteiger partial charge is 0.341 e. The van der Waals surface area contributed by atoms with Crippen LogP contribution < -0.4 is 14.8 Å². The lowest BCUT2D eigenvalue weighted by molar-refractivity contribution is -0.139. The third-order valence-electron chi connectivity index (χ3n) is 3.61. The van der Waals surface area contributed by atoms with E-state index in [1.165, 1.54) is 11.8 Å². The van der Waals surface area contributed by atoms with Gasteiger partial charge in [-0.2, -0.15) is 0 Å². The second kappa shape index (κ2) is 9.49. The number of carbonyl (C=O) groups is 2. The molecule has 0 atom stereocenters. The van der Waals surface area contributed by atoms with Crippen LogP contribution in [0.3, 0.4) is 0 Å². The Kier molecular flexibility index (Phi) is 6.79. The van der Waals surface area contributed by atoms with E-state index in [1.807, 2.05) is 30.3 Å². The van der Waals surface area contributed by atoms with Crippen molar-refractivity contribution >= 4 is 52.2 Å². The Morgan fingerprint density at radius 1 is 1.28 bits per heavy atom. The number of amidine groups is 1. The highest BCUT2D eigenvalue weighted by atomic mass is 35.5. The monoisotopic (exact) mass is 432 g/mol. The van der Waals surface area contributed by atoms with E-state index >= 15 is 0 Å². The van der Waals surface area contributed by atoms with Gasteiger partial charge in [-0.05, 0) is 54.6 Å². The minimum Gasteiger partial charge on any atom is -0.490 e. The number of carbonyl (C=O) groups excluding carboxylic acids is 1. The fourth-order valence-corrected chi connectivity index (χ4v) is 3.58. The number of amides is 1. The van der Waals surface area contributed by atoms with Crippen LogP contribution in [0.5, 0.6) is 11.5 Å². The first-order valence-electron chi connectivity index (χ1n) is 8.62. The van der Waals surface area contributed by atoms with Crippen molar-refractivity contribution in [2.75, 3.05) is 13.2 Å². The van der Waals surface area contributed by atoms with Crippen molar-refractivity contribution < 1.29 is 24.2 Å². The highest BCUT2D eigenvalue weighted by Gasteiger charge is 2.24. The number of hydrogen-bond acceptors (Lipinski definition) is 6. The van der Waals surface area contributed by atoms with Gasteiger partial charge in [-0.3, -0.25) is 4.79 Å². The highest BCUT2D eigenvalue weighted by Crippen LogP contribution is 2.38. The molecule has 1 saturated heterocycles. The quantitative estimate of drug-likeness (QED) is 0.639. The fraction of sp³-hybridized carbons (Fsp3) is 0.150. The molecule has 3 rings (SSSR count). The third kappa shape index (κ3) is 5.52. The second-order valence-corrected chi connectivity index (χ2v) is 7.20. The van der Waals surface area contributed by atoms with Crippen molar-refractivity contribution in [1.29, 1.82) is 0 Å². The van der Waals surface area contributed by atoms with Crippen molar-refractivity contribution in [3.63, 3.8) is 0 Å². The number of benzene rings is 2. The lowest BCUT2D eigenvalue weighted by Crippen LogP contribution is -2.19. The van der Waals surface area contributed by atoms with Crippen LogP contribution in [0.25, 0.3) is 6.08 Å². The summed E-state index contributed by atoms with van der Waals surface area (Å²) in [6.45, 7) is 1.58. The summed E-state index contributed by atoms with van der Waals surface area (Å²) in [5.74, 6) is -0.952. The minimum absolute atomic E-state index is 0.146. The van der Waals surface area contributed by atoms with Gasteiger partial charge in [0.25, 0.3) is 5.91 Å². The van der Waals surface area contributed by atoms with E-state index in [9.17, 15) is 9.59 Å². The molecule has 0 spiro atoms. The van der Waals surface area contributed by atoms with Crippen LogP contribution in [0.15, 0.2) is 52.4 Å². The maximum absolute atomic E-state index is 12.3. The largest absolute Gasteiger partial charge is 0.490 e. The Labute approximate surface area is 176 Å². The average Bonchev–Trinajstić information content (AvgIpc) is 3.00.